The number of H-pyrrole nitrogens is 1. The molecule has 1 heterocycles. The second-order valence-corrected chi connectivity index (χ2v) is 4.31. The molecule has 0 fully saturated rings. The van der Waals surface area contributed by atoms with Gasteiger partial charge < -0.3 is 10.3 Å². The highest BCUT2D eigenvalue weighted by Gasteiger charge is 2.07. The van der Waals surface area contributed by atoms with E-state index in [1.807, 2.05) is 0 Å². The Hall–Kier alpha value is -0.990. The molecule has 16 heavy (non-hydrogen) atoms. The minimum Gasteiger partial charge on any atom is -0.358 e. The van der Waals surface area contributed by atoms with Crippen molar-refractivity contribution in [3.63, 3.8) is 0 Å². The molecule has 0 radical (unpaired) electrons. The van der Waals surface area contributed by atoms with E-state index in [-0.39, 0.29) is 12.4 Å². The molecule has 0 unspecified atom stereocenters. The van der Waals surface area contributed by atoms with Gasteiger partial charge in [0.1, 0.15) is 0 Å². The van der Waals surface area contributed by atoms with Gasteiger partial charge in [-0.1, -0.05) is 32.0 Å². The molecule has 2 N–H and O–H groups in total. The van der Waals surface area contributed by atoms with Crippen LogP contribution in [0.2, 0.25) is 0 Å². The highest BCUT2D eigenvalue weighted by Crippen LogP contribution is 2.21. The third kappa shape index (κ3) is 2.57. The van der Waals surface area contributed by atoms with Crippen LogP contribution in [0.4, 0.5) is 0 Å². The number of rotatable bonds is 3. The van der Waals surface area contributed by atoms with Crippen LogP contribution in [-0.4, -0.2) is 11.0 Å². The zero-order chi connectivity index (χ0) is 10.8. The third-order valence-corrected chi connectivity index (χ3v) is 2.71. The highest BCUT2D eigenvalue weighted by atomic mass is 35.5. The van der Waals surface area contributed by atoms with Crippen molar-refractivity contribution >= 4 is 23.3 Å². The van der Waals surface area contributed by atoms with Crippen molar-refractivity contribution in [1.29, 1.82) is 0 Å². The van der Waals surface area contributed by atoms with Gasteiger partial charge in [-0.15, -0.1) is 12.4 Å². The lowest BCUT2D eigenvalue weighted by Crippen LogP contribution is -2.22. The quantitative estimate of drug-likeness (QED) is 0.843. The monoisotopic (exact) mass is 238 g/mol. The Balaban J connectivity index is 0.00000128. The molecule has 2 nitrogen and oxygen atoms in total. The van der Waals surface area contributed by atoms with Gasteiger partial charge in [-0.3, -0.25) is 0 Å². The molecule has 1 aromatic heterocycles. The topological polar surface area (TPSA) is 27.8 Å². The maximum Gasteiger partial charge on any atom is 0.0459 e. The van der Waals surface area contributed by atoms with Gasteiger partial charge in [0.25, 0.3) is 0 Å². The first-order valence-electron chi connectivity index (χ1n) is 5.48. The largest absolute Gasteiger partial charge is 0.358 e. The molecule has 0 aliphatic heterocycles. The van der Waals surface area contributed by atoms with Gasteiger partial charge >= 0.3 is 0 Å². The molecule has 0 bridgehead atoms. The first kappa shape index (κ1) is 13.1. The fourth-order valence-corrected chi connectivity index (χ4v) is 1.87. The normalized spacial score (nSPS) is 10.8. The average molecular weight is 239 g/mol. The average Bonchev–Trinajstić information content (AvgIpc) is 2.50. The summed E-state index contributed by atoms with van der Waals surface area (Å²) >= 11 is 0. The summed E-state index contributed by atoms with van der Waals surface area (Å²) in [5.41, 5.74) is 3.89. The minimum atomic E-state index is 0. The van der Waals surface area contributed by atoms with Crippen LogP contribution in [0.3, 0.4) is 0 Å². The molecule has 88 valence electrons. The molecular weight excluding hydrogens is 220 g/mol. The van der Waals surface area contributed by atoms with Gasteiger partial charge in [0.15, 0.2) is 0 Å². The van der Waals surface area contributed by atoms with Crippen LogP contribution < -0.4 is 5.32 Å². The summed E-state index contributed by atoms with van der Waals surface area (Å²) in [6.07, 6.45) is 0. The van der Waals surface area contributed by atoms with Crippen LogP contribution in [0.5, 0.6) is 0 Å². The van der Waals surface area contributed by atoms with Crippen LogP contribution in [0.25, 0.3) is 10.9 Å². The molecule has 0 saturated carbocycles. The molecule has 0 aliphatic carbocycles. The van der Waals surface area contributed by atoms with Crippen molar-refractivity contribution in [1.82, 2.24) is 10.3 Å². The Kier molecular flexibility index (Phi) is 4.39. The van der Waals surface area contributed by atoms with E-state index in [0.29, 0.717) is 6.04 Å². The Bertz CT molecular complexity index is 460. The Morgan fingerprint density at radius 3 is 2.62 bits per heavy atom. The molecule has 1 aromatic carbocycles. The lowest BCUT2D eigenvalue weighted by Gasteiger charge is -2.07. The number of para-hydroxylation sites is 1. The van der Waals surface area contributed by atoms with Crippen molar-refractivity contribution in [2.45, 2.75) is 33.4 Å². The van der Waals surface area contributed by atoms with Gasteiger partial charge in [-0.2, -0.15) is 0 Å². The Morgan fingerprint density at radius 2 is 1.94 bits per heavy atom. The highest BCUT2D eigenvalue weighted by molar-refractivity contribution is 5.85. The van der Waals surface area contributed by atoms with E-state index in [0.717, 1.165) is 6.54 Å². The van der Waals surface area contributed by atoms with Crippen molar-refractivity contribution in [2.24, 2.45) is 0 Å². The predicted molar refractivity (Wildman–Crippen MR) is 72.3 cm³/mol. The van der Waals surface area contributed by atoms with E-state index >= 15 is 0 Å². The minimum absolute atomic E-state index is 0. The molecule has 3 heteroatoms. The Morgan fingerprint density at radius 1 is 1.25 bits per heavy atom. The van der Waals surface area contributed by atoms with Gasteiger partial charge in [0, 0.05) is 29.2 Å². The smallest absolute Gasteiger partial charge is 0.0459 e. The van der Waals surface area contributed by atoms with Crippen LogP contribution in [0, 0.1) is 6.92 Å². The summed E-state index contributed by atoms with van der Waals surface area (Å²) < 4.78 is 0. The number of fused-ring (bicyclic) bond motifs is 1. The van der Waals surface area contributed by atoms with Crippen molar-refractivity contribution in [3.05, 3.63) is 35.5 Å². The number of hydrogen-bond donors (Lipinski definition) is 2. The van der Waals surface area contributed by atoms with Gasteiger partial charge in [0.2, 0.25) is 0 Å². The third-order valence-electron chi connectivity index (χ3n) is 2.71. The fourth-order valence-electron chi connectivity index (χ4n) is 1.87. The maximum absolute atomic E-state index is 3.46. The van der Waals surface area contributed by atoms with E-state index < -0.39 is 0 Å². The molecular formula is C13H19ClN2. The molecule has 2 rings (SSSR count). The van der Waals surface area contributed by atoms with E-state index in [1.165, 1.54) is 22.2 Å². The fraction of sp³-hybridized carbons (Fsp3) is 0.385. The second kappa shape index (κ2) is 5.37. The number of aromatic amines is 1. The second-order valence-electron chi connectivity index (χ2n) is 4.31. The number of aromatic nitrogens is 1. The molecule has 2 aromatic rings. The summed E-state index contributed by atoms with van der Waals surface area (Å²) in [6, 6.07) is 8.99. The van der Waals surface area contributed by atoms with Crippen molar-refractivity contribution in [2.75, 3.05) is 0 Å². The first-order valence-corrected chi connectivity index (χ1v) is 5.48. The number of benzene rings is 1. The number of hydrogen-bond acceptors (Lipinski definition) is 1. The van der Waals surface area contributed by atoms with Crippen LogP contribution in [0.1, 0.15) is 25.1 Å². The van der Waals surface area contributed by atoms with E-state index in [2.05, 4.69) is 55.3 Å². The van der Waals surface area contributed by atoms with Gasteiger partial charge in [0.05, 0.1) is 0 Å². The van der Waals surface area contributed by atoms with Gasteiger partial charge in [-0.25, -0.2) is 0 Å². The number of aryl methyl sites for hydroxylation is 1. The first-order chi connectivity index (χ1) is 7.18. The summed E-state index contributed by atoms with van der Waals surface area (Å²) in [7, 11) is 0. The van der Waals surface area contributed by atoms with E-state index in [4.69, 9.17) is 0 Å². The maximum atomic E-state index is 3.46. The summed E-state index contributed by atoms with van der Waals surface area (Å²) in [6.45, 7) is 7.42. The van der Waals surface area contributed by atoms with Crippen LogP contribution >= 0.6 is 12.4 Å². The lowest BCUT2D eigenvalue weighted by molar-refractivity contribution is 0.589. The van der Waals surface area contributed by atoms with E-state index in [9.17, 15) is 0 Å². The van der Waals surface area contributed by atoms with Crippen molar-refractivity contribution in [3.8, 4) is 0 Å². The zero-order valence-electron chi connectivity index (χ0n) is 10.0. The number of halogens is 1. The van der Waals surface area contributed by atoms with Crippen LogP contribution in [0.15, 0.2) is 24.3 Å². The summed E-state index contributed by atoms with van der Waals surface area (Å²) in [5, 5.41) is 4.80. The molecule has 0 aliphatic rings. The lowest BCUT2D eigenvalue weighted by atomic mass is 10.1. The van der Waals surface area contributed by atoms with Gasteiger partial charge in [-0.05, 0) is 18.6 Å². The zero-order valence-corrected chi connectivity index (χ0v) is 10.8. The summed E-state index contributed by atoms with van der Waals surface area (Å²) in [5.74, 6) is 0. The van der Waals surface area contributed by atoms with E-state index in [1.54, 1.807) is 0 Å². The van der Waals surface area contributed by atoms with Crippen molar-refractivity contribution < 1.29 is 0 Å². The molecule has 0 atom stereocenters. The predicted octanol–water partition coefficient (Wildman–Crippen LogP) is 3.40. The standard InChI is InChI=1S/C13H18N2.ClH/c1-9(2)14-8-12-10(3)15-13-7-5-4-6-11(12)13;/h4-7,9,14-15H,8H2,1-3H3;1H. The molecule has 0 amide bonds. The number of nitrogens with one attached hydrogen (secondary N) is 2. The van der Waals surface area contributed by atoms with Crippen LogP contribution in [-0.2, 0) is 6.54 Å². The SMILES string of the molecule is Cc1[nH]c2ccccc2c1CNC(C)C.Cl. The molecule has 0 saturated heterocycles. The summed E-state index contributed by atoms with van der Waals surface area (Å²) in [4.78, 5) is 3.41. The molecule has 0 spiro atoms. The Labute approximate surface area is 103 Å².